The molecule has 0 amide bonds. The fourth-order valence-corrected chi connectivity index (χ4v) is 2.37. The third kappa shape index (κ3) is 1.37. The molecule has 0 aliphatic carbocycles. The number of aromatic nitrogens is 2. The number of rotatable bonds is 1. The molecule has 1 N–H and O–H groups in total. The fourth-order valence-electron chi connectivity index (χ4n) is 1.69. The van der Waals surface area contributed by atoms with Gasteiger partial charge in [-0.05, 0) is 35.7 Å². The summed E-state index contributed by atoms with van der Waals surface area (Å²) < 4.78 is 3.23. The Balaban J connectivity index is 2.48. The average molecular weight is 244 g/mol. The van der Waals surface area contributed by atoms with Gasteiger partial charge in [0.1, 0.15) is 5.82 Å². The van der Waals surface area contributed by atoms with Crippen LogP contribution >= 0.6 is 15.9 Å². The van der Waals surface area contributed by atoms with Crippen molar-refractivity contribution in [2.24, 2.45) is 0 Å². The van der Waals surface area contributed by atoms with Crippen LogP contribution in [0.25, 0.3) is 0 Å². The molecule has 2 heterocycles. The van der Waals surface area contributed by atoms with Crippen molar-refractivity contribution in [3.63, 3.8) is 0 Å². The standard InChI is InChI=1S/C9H14BrN3/c1-3-7-8(10)9-11-5-4-6(2)13(9)12-7/h6,11H,3-5H2,1-2H3. The summed E-state index contributed by atoms with van der Waals surface area (Å²) in [5, 5.41) is 7.93. The van der Waals surface area contributed by atoms with Gasteiger partial charge in [0, 0.05) is 6.54 Å². The van der Waals surface area contributed by atoms with E-state index >= 15 is 0 Å². The van der Waals surface area contributed by atoms with Crippen molar-refractivity contribution >= 4 is 21.7 Å². The number of aryl methyl sites for hydroxylation is 1. The Morgan fingerprint density at radius 2 is 2.46 bits per heavy atom. The Morgan fingerprint density at radius 3 is 3.08 bits per heavy atom. The van der Waals surface area contributed by atoms with E-state index in [-0.39, 0.29) is 0 Å². The first-order chi connectivity index (χ1) is 6.24. The zero-order chi connectivity index (χ0) is 9.42. The van der Waals surface area contributed by atoms with Gasteiger partial charge in [-0.3, -0.25) is 0 Å². The summed E-state index contributed by atoms with van der Waals surface area (Å²) in [6, 6.07) is 0.521. The highest BCUT2D eigenvalue weighted by Crippen LogP contribution is 2.32. The van der Waals surface area contributed by atoms with Gasteiger partial charge in [0.05, 0.1) is 16.2 Å². The van der Waals surface area contributed by atoms with Crippen LogP contribution in [0.5, 0.6) is 0 Å². The molecule has 4 heteroatoms. The van der Waals surface area contributed by atoms with Crippen molar-refractivity contribution < 1.29 is 0 Å². The maximum Gasteiger partial charge on any atom is 0.139 e. The summed E-state index contributed by atoms with van der Waals surface area (Å²) in [4.78, 5) is 0. The number of halogens is 1. The van der Waals surface area contributed by atoms with E-state index in [2.05, 4.69) is 44.9 Å². The minimum absolute atomic E-state index is 0.521. The molecular formula is C9H14BrN3. The first-order valence-electron chi connectivity index (χ1n) is 4.74. The lowest BCUT2D eigenvalue weighted by Gasteiger charge is -2.22. The van der Waals surface area contributed by atoms with Gasteiger partial charge in [0.2, 0.25) is 0 Å². The van der Waals surface area contributed by atoms with Crippen LogP contribution in [0, 0.1) is 0 Å². The van der Waals surface area contributed by atoms with Gasteiger partial charge in [0.15, 0.2) is 0 Å². The normalized spacial score (nSPS) is 21.0. The van der Waals surface area contributed by atoms with Gasteiger partial charge in [0.25, 0.3) is 0 Å². The zero-order valence-corrected chi connectivity index (χ0v) is 9.56. The monoisotopic (exact) mass is 243 g/mol. The second-order valence-corrected chi connectivity index (χ2v) is 4.26. The minimum Gasteiger partial charge on any atom is -0.369 e. The molecule has 0 saturated heterocycles. The van der Waals surface area contributed by atoms with Crippen LogP contribution in [0.2, 0.25) is 0 Å². The predicted molar refractivity (Wildman–Crippen MR) is 57.1 cm³/mol. The molecule has 1 unspecified atom stereocenters. The van der Waals surface area contributed by atoms with Crippen LogP contribution in [0.1, 0.15) is 32.0 Å². The van der Waals surface area contributed by atoms with Crippen LogP contribution in [0.15, 0.2) is 4.47 Å². The smallest absolute Gasteiger partial charge is 0.139 e. The van der Waals surface area contributed by atoms with Crippen molar-refractivity contribution in [1.82, 2.24) is 9.78 Å². The lowest BCUT2D eigenvalue weighted by atomic mass is 10.2. The first kappa shape index (κ1) is 9.06. The highest BCUT2D eigenvalue weighted by molar-refractivity contribution is 9.10. The summed E-state index contributed by atoms with van der Waals surface area (Å²) in [5.74, 6) is 1.15. The second-order valence-electron chi connectivity index (χ2n) is 3.47. The van der Waals surface area contributed by atoms with E-state index < -0.39 is 0 Å². The Morgan fingerprint density at radius 1 is 1.69 bits per heavy atom. The molecule has 0 spiro atoms. The maximum atomic E-state index is 4.56. The molecule has 0 bridgehead atoms. The van der Waals surface area contributed by atoms with Gasteiger partial charge < -0.3 is 5.32 Å². The number of nitrogens with one attached hydrogen (secondary N) is 1. The van der Waals surface area contributed by atoms with Crippen LogP contribution in [-0.4, -0.2) is 16.3 Å². The highest BCUT2D eigenvalue weighted by Gasteiger charge is 2.21. The molecular weight excluding hydrogens is 230 g/mol. The number of nitrogens with zero attached hydrogens (tertiary/aromatic N) is 2. The van der Waals surface area contributed by atoms with E-state index in [0.717, 1.165) is 35.4 Å². The van der Waals surface area contributed by atoms with Crippen molar-refractivity contribution in [3.8, 4) is 0 Å². The summed E-state index contributed by atoms with van der Waals surface area (Å²) in [5.41, 5.74) is 1.15. The Labute approximate surface area is 86.6 Å². The number of fused-ring (bicyclic) bond motifs is 1. The van der Waals surface area contributed by atoms with Gasteiger partial charge in [-0.1, -0.05) is 6.92 Å². The Kier molecular flexibility index (Phi) is 2.32. The van der Waals surface area contributed by atoms with Crippen molar-refractivity contribution in [1.29, 1.82) is 0 Å². The minimum atomic E-state index is 0.521. The lowest BCUT2D eigenvalue weighted by molar-refractivity contribution is 0.450. The molecule has 3 nitrogen and oxygen atoms in total. The van der Waals surface area contributed by atoms with Crippen molar-refractivity contribution in [2.45, 2.75) is 32.7 Å². The van der Waals surface area contributed by atoms with Crippen molar-refractivity contribution in [2.75, 3.05) is 11.9 Å². The zero-order valence-electron chi connectivity index (χ0n) is 7.97. The van der Waals surface area contributed by atoms with E-state index in [9.17, 15) is 0 Å². The van der Waals surface area contributed by atoms with E-state index in [1.54, 1.807) is 0 Å². The molecule has 13 heavy (non-hydrogen) atoms. The molecule has 0 fully saturated rings. The molecule has 0 aromatic carbocycles. The quantitative estimate of drug-likeness (QED) is 0.822. The summed E-state index contributed by atoms with van der Waals surface area (Å²) in [6.07, 6.45) is 2.14. The predicted octanol–water partition coefficient (Wildman–Crippen LogP) is 2.58. The first-order valence-corrected chi connectivity index (χ1v) is 5.54. The molecule has 1 aromatic heterocycles. The van der Waals surface area contributed by atoms with E-state index in [1.165, 1.54) is 0 Å². The summed E-state index contributed by atoms with van der Waals surface area (Å²) in [6.45, 7) is 5.39. The van der Waals surface area contributed by atoms with Crippen LogP contribution in [-0.2, 0) is 6.42 Å². The average Bonchev–Trinajstić information content (AvgIpc) is 2.45. The van der Waals surface area contributed by atoms with Gasteiger partial charge >= 0.3 is 0 Å². The number of anilines is 1. The molecule has 0 radical (unpaired) electrons. The van der Waals surface area contributed by atoms with Gasteiger partial charge in [-0.25, -0.2) is 4.68 Å². The van der Waals surface area contributed by atoms with Crippen molar-refractivity contribution in [3.05, 3.63) is 10.2 Å². The third-order valence-corrected chi connectivity index (χ3v) is 3.36. The highest BCUT2D eigenvalue weighted by atomic mass is 79.9. The second kappa shape index (κ2) is 3.33. The molecule has 1 aromatic rings. The molecule has 1 aliphatic heterocycles. The fraction of sp³-hybridized carbons (Fsp3) is 0.667. The summed E-state index contributed by atoms with van der Waals surface area (Å²) in [7, 11) is 0. The van der Waals surface area contributed by atoms with E-state index in [4.69, 9.17) is 0 Å². The van der Waals surface area contributed by atoms with E-state index in [1.807, 2.05) is 0 Å². The Bertz CT molecular complexity index is 319. The van der Waals surface area contributed by atoms with E-state index in [0.29, 0.717) is 6.04 Å². The molecule has 0 saturated carbocycles. The van der Waals surface area contributed by atoms with Crippen LogP contribution in [0.3, 0.4) is 0 Å². The van der Waals surface area contributed by atoms with Crippen LogP contribution < -0.4 is 5.32 Å². The molecule has 72 valence electrons. The lowest BCUT2D eigenvalue weighted by Crippen LogP contribution is -2.21. The third-order valence-electron chi connectivity index (χ3n) is 2.53. The van der Waals surface area contributed by atoms with Gasteiger partial charge in [-0.15, -0.1) is 0 Å². The SMILES string of the molecule is CCc1nn2c(c1Br)NCCC2C. The maximum absolute atomic E-state index is 4.56. The van der Waals surface area contributed by atoms with Gasteiger partial charge in [-0.2, -0.15) is 5.10 Å². The van der Waals surface area contributed by atoms with Crippen LogP contribution in [0.4, 0.5) is 5.82 Å². The number of hydrogen-bond acceptors (Lipinski definition) is 2. The molecule has 1 atom stereocenters. The molecule has 2 rings (SSSR count). The molecule has 1 aliphatic rings. The summed E-state index contributed by atoms with van der Waals surface area (Å²) >= 11 is 3.58. The number of hydrogen-bond donors (Lipinski definition) is 1. The Hall–Kier alpha value is -0.510. The largest absolute Gasteiger partial charge is 0.369 e. The topological polar surface area (TPSA) is 29.9 Å².